The van der Waals surface area contributed by atoms with Crippen molar-refractivity contribution >= 4 is 17.8 Å². The summed E-state index contributed by atoms with van der Waals surface area (Å²) < 4.78 is 0. The van der Waals surface area contributed by atoms with Gasteiger partial charge in [0, 0.05) is 0 Å². The fourth-order valence-corrected chi connectivity index (χ4v) is 1.94. The summed E-state index contributed by atoms with van der Waals surface area (Å²) in [7, 11) is 0. The van der Waals surface area contributed by atoms with E-state index in [1.54, 1.807) is 30.3 Å². The molecule has 0 aliphatic heterocycles. The number of carboxylic acid groups (broad SMARTS) is 1. The lowest BCUT2D eigenvalue weighted by atomic mass is 10.1. The molecule has 0 aliphatic rings. The lowest BCUT2D eigenvalue weighted by molar-refractivity contribution is -0.121. The first-order chi connectivity index (χ1) is 10.5. The number of carbonyl (C=O) groups excluding carboxylic acids is 2. The van der Waals surface area contributed by atoms with Gasteiger partial charge in [-0.1, -0.05) is 42.5 Å². The zero-order chi connectivity index (χ0) is 16.1. The number of rotatable bonds is 4. The van der Waals surface area contributed by atoms with Gasteiger partial charge in [-0.15, -0.1) is 0 Å². The second kappa shape index (κ2) is 6.64. The molecule has 1 atom stereocenters. The summed E-state index contributed by atoms with van der Waals surface area (Å²) in [6.07, 6.45) is 0. The van der Waals surface area contributed by atoms with Crippen LogP contribution in [0.4, 0.5) is 0 Å². The van der Waals surface area contributed by atoms with Crippen molar-refractivity contribution in [2.45, 2.75) is 6.04 Å². The molecule has 2 rings (SSSR count). The van der Waals surface area contributed by atoms with Crippen LogP contribution in [0.3, 0.4) is 0 Å². The monoisotopic (exact) mass is 298 g/mol. The molecule has 0 spiro atoms. The van der Waals surface area contributed by atoms with E-state index in [1.165, 1.54) is 24.3 Å². The standard InChI is InChI=1S/C16H14N2O4/c17-13(10-6-2-1-3-7-10)15(20)18-14(19)11-8-4-5-9-12(11)16(21)22/h1-9,13H,17H2,(H,21,22)(H,18,19,20). The predicted octanol–water partition coefficient (Wildman–Crippen LogP) is 1.34. The van der Waals surface area contributed by atoms with Crippen molar-refractivity contribution in [1.29, 1.82) is 0 Å². The van der Waals surface area contributed by atoms with Crippen molar-refractivity contribution in [3.05, 3.63) is 71.3 Å². The van der Waals surface area contributed by atoms with Crippen LogP contribution in [0.15, 0.2) is 54.6 Å². The first kappa shape index (κ1) is 15.4. The average Bonchev–Trinajstić information content (AvgIpc) is 2.54. The van der Waals surface area contributed by atoms with E-state index in [0.29, 0.717) is 5.56 Å². The van der Waals surface area contributed by atoms with Crippen LogP contribution in [0.2, 0.25) is 0 Å². The maximum Gasteiger partial charge on any atom is 0.336 e. The maximum absolute atomic E-state index is 12.1. The fraction of sp³-hybridized carbons (Fsp3) is 0.0625. The highest BCUT2D eigenvalue weighted by Crippen LogP contribution is 2.12. The Morgan fingerprint density at radius 2 is 1.45 bits per heavy atom. The Balaban J connectivity index is 2.16. The van der Waals surface area contributed by atoms with Gasteiger partial charge in [-0.2, -0.15) is 0 Å². The highest BCUT2D eigenvalue weighted by atomic mass is 16.4. The number of carbonyl (C=O) groups is 3. The topological polar surface area (TPSA) is 109 Å². The molecule has 6 heteroatoms. The number of nitrogens with one attached hydrogen (secondary N) is 1. The molecule has 112 valence electrons. The first-order valence-electron chi connectivity index (χ1n) is 6.48. The predicted molar refractivity (Wildman–Crippen MR) is 79.2 cm³/mol. The highest BCUT2D eigenvalue weighted by Gasteiger charge is 2.21. The molecule has 0 heterocycles. The second-order valence-corrected chi connectivity index (χ2v) is 4.56. The molecule has 0 saturated carbocycles. The molecule has 0 aromatic heterocycles. The SMILES string of the molecule is NC(C(=O)NC(=O)c1ccccc1C(=O)O)c1ccccc1. The number of imide groups is 1. The Labute approximate surface area is 126 Å². The minimum Gasteiger partial charge on any atom is -0.478 e. The van der Waals surface area contributed by atoms with E-state index in [4.69, 9.17) is 10.8 Å². The Morgan fingerprint density at radius 3 is 2.05 bits per heavy atom. The number of hydrogen-bond acceptors (Lipinski definition) is 4. The van der Waals surface area contributed by atoms with Gasteiger partial charge in [-0.05, 0) is 17.7 Å². The third-order valence-corrected chi connectivity index (χ3v) is 3.08. The molecule has 6 nitrogen and oxygen atoms in total. The Bertz CT molecular complexity index is 713. The minimum atomic E-state index is -1.24. The number of nitrogens with two attached hydrogens (primary N) is 1. The van der Waals surface area contributed by atoms with Crippen LogP contribution in [-0.2, 0) is 4.79 Å². The Kier molecular flexibility index (Phi) is 4.65. The van der Waals surface area contributed by atoms with Crippen LogP contribution in [0.5, 0.6) is 0 Å². The summed E-state index contributed by atoms with van der Waals surface area (Å²) in [5.74, 6) is -2.74. The summed E-state index contributed by atoms with van der Waals surface area (Å²) >= 11 is 0. The first-order valence-corrected chi connectivity index (χ1v) is 6.48. The zero-order valence-electron chi connectivity index (χ0n) is 11.5. The Hall–Kier alpha value is -2.99. The number of benzene rings is 2. The van der Waals surface area contributed by atoms with E-state index in [0.717, 1.165) is 0 Å². The number of amides is 2. The zero-order valence-corrected chi connectivity index (χ0v) is 11.5. The van der Waals surface area contributed by atoms with Gasteiger partial charge < -0.3 is 10.8 Å². The molecule has 4 N–H and O–H groups in total. The smallest absolute Gasteiger partial charge is 0.336 e. The van der Waals surface area contributed by atoms with Gasteiger partial charge in [0.1, 0.15) is 6.04 Å². The molecule has 0 aliphatic carbocycles. The third kappa shape index (κ3) is 3.36. The molecule has 0 radical (unpaired) electrons. The van der Waals surface area contributed by atoms with Crippen LogP contribution in [0.1, 0.15) is 32.3 Å². The van der Waals surface area contributed by atoms with Crippen LogP contribution in [0.25, 0.3) is 0 Å². The molecule has 0 saturated heterocycles. The summed E-state index contributed by atoms with van der Waals surface area (Å²) in [4.78, 5) is 35.1. The van der Waals surface area contributed by atoms with Crippen molar-refractivity contribution in [3.63, 3.8) is 0 Å². The van der Waals surface area contributed by atoms with Gasteiger partial charge in [0.05, 0.1) is 11.1 Å². The molecular formula is C16H14N2O4. The molecule has 2 amide bonds. The van der Waals surface area contributed by atoms with Gasteiger partial charge in [0.25, 0.3) is 5.91 Å². The third-order valence-electron chi connectivity index (χ3n) is 3.08. The van der Waals surface area contributed by atoms with Crippen molar-refractivity contribution in [2.75, 3.05) is 0 Å². The van der Waals surface area contributed by atoms with E-state index >= 15 is 0 Å². The Morgan fingerprint density at radius 1 is 0.909 bits per heavy atom. The van der Waals surface area contributed by atoms with Crippen LogP contribution >= 0.6 is 0 Å². The molecule has 1 unspecified atom stereocenters. The van der Waals surface area contributed by atoms with Gasteiger partial charge in [-0.25, -0.2) is 4.79 Å². The lowest BCUT2D eigenvalue weighted by Gasteiger charge is -2.12. The average molecular weight is 298 g/mol. The quantitative estimate of drug-likeness (QED) is 0.789. The summed E-state index contributed by atoms with van der Waals surface area (Å²) in [5, 5.41) is 11.2. The molecule has 22 heavy (non-hydrogen) atoms. The van der Waals surface area contributed by atoms with Crippen molar-refractivity contribution in [3.8, 4) is 0 Å². The van der Waals surface area contributed by atoms with Crippen LogP contribution in [0, 0.1) is 0 Å². The molecule has 2 aromatic rings. The number of carboxylic acids is 1. The normalized spacial score (nSPS) is 11.5. The summed E-state index contributed by atoms with van der Waals surface area (Å²) in [6, 6.07) is 13.2. The molecule has 2 aromatic carbocycles. The highest BCUT2D eigenvalue weighted by molar-refractivity contribution is 6.11. The molecular weight excluding hydrogens is 284 g/mol. The second-order valence-electron chi connectivity index (χ2n) is 4.56. The van der Waals surface area contributed by atoms with E-state index < -0.39 is 23.8 Å². The van der Waals surface area contributed by atoms with E-state index in [-0.39, 0.29) is 11.1 Å². The minimum absolute atomic E-state index is 0.0939. The van der Waals surface area contributed by atoms with Crippen molar-refractivity contribution in [2.24, 2.45) is 5.73 Å². The summed E-state index contributed by atoms with van der Waals surface area (Å²) in [6.45, 7) is 0. The fourth-order valence-electron chi connectivity index (χ4n) is 1.94. The van der Waals surface area contributed by atoms with Crippen molar-refractivity contribution < 1.29 is 19.5 Å². The van der Waals surface area contributed by atoms with E-state index in [1.807, 2.05) is 0 Å². The molecule has 0 fully saturated rings. The number of hydrogen-bond donors (Lipinski definition) is 3. The van der Waals surface area contributed by atoms with Crippen molar-refractivity contribution in [1.82, 2.24) is 5.32 Å². The van der Waals surface area contributed by atoms with Gasteiger partial charge in [0.15, 0.2) is 0 Å². The summed E-state index contributed by atoms with van der Waals surface area (Å²) in [5.41, 5.74) is 6.06. The van der Waals surface area contributed by atoms with E-state index in [2.05, 4.69) is 5.32 Å². The molecule has 0 bridgehead atoms. The van der Waals surface area contributed by atoms with Gasteiger partial charge in [0.2, 0.25) is 5.91 Å². The maximum atomic E-state index is 12.1. The van der Waals surface area contributed by atoms with Gasteiger partial charge in [-0.3, -0.25) is 14.9 Å². The number of aromatic carboxylic acids is 1. The van der Waals surface area contributed by atoms with Crippen LogP contribution < -0.4 is 11.1 Å². The van der Waals surface area contributed by atoms with Gasteiger partial charge >= 0.3 is 5.97 Å². The lowest BCUT2D eigenvalue weighted by Crippen LogP contribution is -2.38. The van der Waals surface area contributed by atoms with Crippen LogP contribution in [-0.4, -0.2) is 22.9 Å². The largest absolute Gasteiger partial charge is 0.478 e. The van der Waals surface area contributed by atoms with E-state index in [9.17, 15) is 14.4 Å².